The molecule has 0 aliphatic carbocycles. The van der Waals surface area contributed by atoms with Crippen LogP contribution in [0, 0.1) is 5.41 Å². The van der Waals surface area contributed by atoms with Crippen LogP contribution in [0.4, 0.5) is 5.69 Å². The van der Waals surface area contributed by atoms with Crippen molar-refractivity contribution in [1.29, 1.82) is 0 Å². The Hall–Kier alpha value is -2.74. The lowest BCUT2D eigenvalue weighted by atomic mass is 9.84. The fourth-order valence-electron chi connectivity index (χ4n) is 4.30. The van der Waals surface area contributed by atoms with E-state index in [0.29, 0.717) is 34.6 Å². The molecule has 3 heterocycles. The van der Waals surface area contributed by atoms with Crippen molar-refractivity contribution in [2.75, 3.05) is 38.4 Å². The molecule has 2 aliphatic rings. The summed E-state index contributed by atoms with van der Waals surface area (Å²) in [5.41, 5.74) is 1.58. The minimum Gasteiger partial charge on any atom is -0.461 e. The zero-order valence-corrected chi connectivity index (χ0v) is 17.1. The summed E-state index contributed by atoms with van der Waals surface area (Å²) in [6.45, 7) is 8.93. The summed E-state index contributed by atoms with van der Waals surface area (Å²) in [6, 6.07) is 3.55. The van der Waals surface area contributed by atoms with E-state index in [9.17, 15) is 9.59 Å². The van der Waals surface area contributed by atoms with E-state index < -0.39 is 5.97 Å². The third-order valence-corrected chi connectivity index (χ3v) is 5.56. The van der Waals surface area contributed by atoms with E-state index in [4.69, 9.17) is 14.2 Å². The Kier molecular flexibility index (Phi) is 5.12. The molecule has 156 valence electrons. The summed E-state index contributed by atoms with van der Waals surface area (Å²) in [7, 11) is 0. The maximum Gasteiger partial charge on any atom is 0.356 e. The fraction of sp³-hybridized carbons (Fsp3) is 0.524. The number of likely N-dealkylation sites (tertiary alicyclic amines) is 1. The van der Waals surface area contributed by atoms with Gasteiger partial charge >= 0.3 is 5.97 Å². The normalized spacial score (nSPS) is 19.9. The minimum atomic E-state index is -0.507. The molecule has 1 aromatic heterocycles. The van der Waals surface area contributed by atoms with Crippen molar-refractivity contribution in [2.45, 2.75) is 33.6 Å². The van der Waals surface area contributed by atoms with Crippen LogP contribution in [0.15, 0.2) is 12.1 Å². The first-order chi connectivity index (χ1) is 13.9. The molecule has 8 nitrogen and oxygen atoms in total. The van der Waals surface area contributed by atoms with E-state index in [-0.39, 0.29) is 30.4 Å². The van der Waals surface area contributed by atoms with Gasteiger partial charge in [0.2, 0.25) is 6.79 Å². The summed E-state index contributed by atoms with van der Waals surface area (Å²) < 4.78 is 16.0. The SMILES string of the molecule is CCOC(=O)c1[nH]c2cc3c(cc2c1NC(=O)C[NH+]1CCCC(C)(C)C1)OCO3. The number of carbonyl (C=O) groups is 2. The third-order valence-electron chi connectivity index (χ3n) is 5.56. The number of hydrogen-bond donors (Lipinski definition) is 3. The first kappa shape index (κ1) is 19.6. The number of anilines is 1. The van der Waals surface area contributed by atoms with Crippen molar-refractivity contribution in [3.05, 3.63) is 17.8 Å². The van der Waals surface area contributed by atoms with E-state index in [1.165, 1.54) is 11.3 Å². The number of H-pyrrole nitrogens is 1. The first-order valence-corrected chi connectivity index (χ1v) is 10.1. The monoisotopic (exact) mass is 402 g/mol. The number of carbonyl (C=O) groups excluding carboxylic acids is 2. The van der Waals surface area contributed by atoms with Crippen molar-refractivity contribution in [2.24, 2.45) is 5.41 Å². The van der Waals surface area contributed by atoms with Gasteiger partial charge in [0.15, 0.2) is 18.0 Å². The molecule has 0 bridgehead atoms. The standard InChI is InChI=1S/C21H27N3O5/c1-4-27-20(26)19-18(13-8-15-16(29-12-28-15)9-14(13)22-19)23-17(25)10-24-7-5-6-21(2,3)11-24/h8-9,22H,4-7,10-12H2,1-3H3,(H,23,25)/p+1. The lowest BCUT2D eigenvalue weighted by Gasteiger charge is -2.34. The van der Waals surface area contributed by atoms with Gasteiger partial charge in [0.05, 0.1) is 30.9 Å². The Morgan fingerprint density at radius 2 is 2.03 bits per heavy atom. The highest BCUT2D eigenvalue weighted by Gasteiger charge is 2.31. The highest BCUT2D eigenvalue weighted by Crippen LogP contribution is 2.39. The molecule has 1 unspecified atom stereocenters. The number of aromatic nitrogens is 1. The molecular weight excluding hydrogens is 374 g/mol. The van der Waals surface area contributed by atoms with Gasteiger partial charge in [-0.05, 0) is 25.8 Å². The molecule has 1 atom stereocenters. The summed E-state index contributed by atoms with van der Waals surface area (Å²) >= 11 is 0. The molecule has 1 aromatic carbocycles. The molecule has 1 saturated heterocycles. The number of hydrogen-bond acceptors (Lipinski definition) is 5. The second kappa shape index (κ2) is 7.59. The molecule has 8 heteroatoms. The highest BCUT2D eigenvalue weighted by atomic mass is 16.7. The van der Waals surface area contributed by atoms with Crippen molar-refractivity contribution < 1.29 is 28.7 Å². The van der Waals surface area contributed by atoms with Crippen LogP contribution in [0.25, 0.3) is 10.9 Å². The van der Waals surface area contributed by atoms with Crippen LogP contribution >= 0.6 is 0 Å². The maximum atomic E-state index is 12.8. The molecule has 4 rings (SSSR count). The molecule has 2 aromatic rings. The number of aromatic amines is 1. The quantitative estimate of drug-likeness (QED) is 0.662. The summed E-state index contributed by atoms with van der Waals surface area (Å²) in [4.78, 5) is 29.6. The molecule has 1 amide bonds. The van der Waals surface area contributed by atoms with Gasteiger partial charge in [-0.25, -0.2) is 4.79 Å². The maximum absolute atomic E-state index is 12.8. The van der Waals surface area contributed by atoms with Gasteiger partial charge in [-0.1, -0.05) is 13.8 Å². The predicted molar refractivity (Wildman–Crippen MR) is 108 cm³/mol. The average molecular weight is 402 g/mol. The zero-order chi connectivity index (χ0) is 20.6. The van der Waals surface area contributed by atoms with Gasteiger partial charge < -0.3 is 29.4 Å². The van der Waals surface area contributed by atoms with E-state index in [1.807, 2.05) is 0 Å². The Labute approximate surface area is 169 Å². The lowest BCUT2D eigenvalue weighted by molar-refractivity contribution is -0.904. The third kappa shape index (κ3) is 4.03. The fourth-order valence-corrected chi connectivity index (χ4v) is 4.30. The molecule has 0 saturated carbocycles. The number of piperidine rings is 1. The molecule has 0 spiro atoms. The highest BCUT2D eigenvalue weighted by molar-refractivity contribution is 6.11. The smallest absolute Gasteiger partial charge is 0.356 e. The van der Waals surface area contributed by atoms with Gasteiger partial charge in [-0.3, -0.25) is 4.79 Å². The Morgan fingerprint density at radius 1 is 1.28 bits per heavy atom. The van der Waals surface area contributed by atoms with Crippen molar-refractivity contribution in [3.8, 4) is 11.5 Å². The molecule has 0 radical (unpaired) electrons. The van der Waals surface area contributed by atoms with E-state index in [2.05, 4.69) is 24.1 Å². The number of quaternary nitrogens is 1. The molecule has 29 heavy (non-hydrogen) atoms. The Balaban J connectivity index is 1.61. The van der Waals surface area contributed by atoms with Crippen LogP contribution in [-0.4, -0.2) is 49.9 Å². The van der Waals surface area contributed by atoms with Crippen LogP contribution in [0.3, 0.4) is 0 Å². The average Bonchev–Trinajstić information content (AvgIpc) is 3.23. The number of benzene rings is 1. The number of nitrogens with one attached hydrogen (secondary N) is 3. The second-order valence-corrected chi connectivity index (χ2v) is 8.52. The molecule has 1 fully saturated rings. The van der Waals surface area contributed by atoms with Crippen LogP contribution in [0.2, 0.25) is 0 Å². The van der Waals surface area contributed by atoms with Crippen molar-refractivity contribution >= 4 is 28.5 Å². The number of fused-ring (bicyclic) bond motifs is 2. The second-order valence-electron chi connectivity index (χ2n) is 8.52. The predicted octanol–water partition coefficient (Wildman–Crippen LogP) is 1.72. The minimum absolute atomic E-state index is 0.123. The largest absolute Gasteiger partial charge is 0.461 e. The van der Waals surface area contributed by atoms with Gasteiger partial charge in [0.1, 0.15) is 5.69 Å². The first-order valence-electron chi connectivity index (χ1n) is 10.1. The van der Waals surface area contributed by atoms with Gasteiger partial charge in [-0.15, -0.1) is 0 Å². The topological polar surface area (TPSA) is 94.1 Å². The van der Waals surface area contributed by atoms with E-state index in [1.54, 1.807) is 19.1 Å². The Bertz CT molecular complexity index is 949. The zero-order valence-electron chi connectivity index (χ0n) is 17.1. The van der Waals surface area contributed by atoms with E-state index >= 15 is 0 Å². The summed E-state index contributed by atoms with van der Waals surface area (Å²) in [5, 5.41) is 3.64. The van der Waals surface area contributed by atoms with E-state index in [0.717, 1.165) is 19.5 Å². The van der Waals surface area contributed by atoms with Gasteiger partial charge in [0, 0.05) is 16.9 Å². The Morgan fingerprint density at radius 3 is 2.76 bits per heavy atom. The van der Waals surface area contributed by atoms with Crippen LogP contribution in [0.1, 0.15) is 44.1 Å². The van der Waals surface area contributed by atoms with Crippen molar-refractivity contribution in [1.82, 2.24) is 4.98 Å². The summed E-state index contributed by atoms with van der Waals surface area (Å²) in [6.07, 6.45) is 2.29. The number of esters is 1. The van der Waals surface area contributed by atoms with Crippen LogP contribution in [0.5, 0.6) is 11.5 Å². The van der Waals surface area contributed by atoms with Crippen molar-refractivity contribution in [3.63, 3.8) is 0 Å². The number of amides is 1. The molecule has 2 aliphatic heterocycles. The van der Waals surface area contributed by atoms with Crippen LogP contribution in [-0.2, 0) is 9.53 Å². The number of ether oxygens (including phenoxy) is 3. The molecule has 3 N–H and O–H groups in total. The summed E-state index contributed by atoms with van der Waals surface area (Å²) in [5.74, 6) is 0.562. The van der Waals surface area contributed by atoms with Gasteiger partial charge in [0.25, 0.3) is 5.91 Å². The molecular formula is C21H28N3O5+. The van der Waals surface area contributed by atoms with Crippen LogP contribution < -0.4 is 19.7 Å². The van der Waals surface area contributed by atoms with Gasteiger partial charge in [-0.2, -0.15) is 0 Å². The number of rotatable bonds is 5. The lowest BCUT2D eigenvalue weighted by Crippen LogP contribution is -3.15.